The average molecular weight is 307 g/mol. The van der Waals surface area contributed by atoms with Crippen molar-refractivity contribution in [1.82, 2.24) is 4.90 Å². The van der Waals surface area contributed by atoms with Crippen molar-refractivity contribution in [3.8, 4) is 0 Å². The molecule has 1 aliphatic heterocycles. The van der Waals surface area contributed by atoms with Crippen molar-refractivity contribution in [1.29, 1.82) is 0 Å². The van der Waals surface area contributed by atoms with E-state index in [4.69, 9.17) is 4.74 Å². The molecule has 0 aliphatic carbocycles. The summed E-state index contributed by atoms with van der Waals surface area (Å²) in [6.07, 6.45) is 2.71. The van der Waals surface area contributed by atoms with Crippen LogP contribution in [0.1, 0.15) is 30.4 Å². The molecule has 1 saturated heterocycles. The average Bonchev–Trinajstić information content (AvgIpc) is 2.63. The van der Waals surface area contributed by atoms with Crippen LogP contribution in [-0.4, -0.2) is 24.6 Å². The Balaban J connectivity index is 2.18. The van der Waals surface area contributed by atoms with E-state index in [0.717, 1.165) is 41.7 Å². The fourth-order valence-electron chi connectivity index (χ4n) is 3.11. The summed E-state index contributed by atoms with van der Waals surface area (Å²) < 4.78 is 4.99. The van der Waals surface area contributed by atoms with Gasteiger partial charge in [-0.15, -0.1) is 0 Å². The zero-order valence-corrected chi connectivity index (χ0v) is 13.4. The van der Waals surface area contributed by atoms with E-state index < -0.39 is 0 Å². The molecule has 1 amide bonds. The summed E-state index contributed by atoms with van der Waals surface area (Å²) in [7, 11) is 1.44. The Morgan fingerprint density at radius 3 is 2.00 bits per heavy atom. The van der Waals surface area contributed by atoms with Gasteiger partial charge >= 0.3 is 6.09 Å². The fourth-order valence-corrected chi connectivity index (χ4v) is 3.11. The summed E-state index contributed by atoms with van der Waals surface area (Å²) in [6.45, 7) is 0.713. The number of rotatable bonds is 2. The molecule has 0 unspecified atom stereocenters. The van der Waals surface area contributed by atoms with E-state index in [-0.39, 0.29) is 6.09 Å². The van der Waals surface area contributed by atoms with Crippen LogP contribution in [0, 0.1) is 0 Å². The molecule has 0 radical (unpaired) electrons. The first-order chi connectivity index (χ1) is 11.3. The lowest BCUT2D eigenvalue weighted by molar-refractivity contribution is 0.130. The number of hydrogen-bond donors (Lipinski definition) is 0. The van der Waals surface area contributed by atoms with Crippen molar-refractivity contribution in [2.24, 2.45) is 0 Å². The smallest absolute Gasteiger partial charge is 0.413 e. The lowest BCUT2D eigenvalue weighted by atomic mass is 9.92. The number of piperidine rings is 1. The largest absolute Gasteiger partial charge is 0.452 e. The topological polar surface area (TPSA) is 29.5 Å². The number of carbonyl (C=O) groups excluding carboxylic acids is 1. The number of nitrogens with zero attached hydrogens (tertiary/aromatic N) is 1. The normalized spacial score (nSPS) is 14.5. The highest BCUT2D eigenvalue weighted by atomic mass is 16.5. The minimum Gasteiger partial charge on any atom is -0.452 e. The highest BCUT2D eigenvalue weighted by Crippen LogP contribution is 2.34. The Morgan fingerprint density at radius 1 is 0.913 bits per heavy atom. The second-order valence-corrected chi connectivity index (χ2v) is 5.63. The van der Waals surface area contributed by atoms with Crippen molar-refractivity contribution in [3.05, 3.63) is 77.5 Å². The third-order valence-electron chi connectivity index (χ3n) is 4.18. The predicted octanol–water partition coefficient (Wildman–Crippen LogP) is 4.70. The molecule has 0 spiro atoms. The van der Waals surface area contributed by atoms with Crippen molar-refractivity contribution in [2.75, 3.05) is 13.7 Å². The maximum atomic E-state index is 12.2. The molecule has 3 heteroatoms. The SMILES string of the molecule is COC(=O)N1CCCCC1=C(c1ccccc1)c1ccccc1. The molecule has 1 fully saturated rings. The van der Waals surface area contributed by atoms with Crippen molar-refractivity contribution in [3.63, 3.8) is 0 Å². The Bertz CT molecular complexity index is 651. The van der Waals surface area contributed by atoms with E-state index >= 15 is 0 Å². The second kappa shape index (κ2) is 7.14. The molecule has 2 aromatic carbocycles. The van der Waals surface area contributed by atoms with E-state index in [1.165, 1.54) is 7.11 Å². The molecule has 118 valence electrons. The molecular formula is C20H21NO2. The van der Waals surface area contributed by atoms with Gasteiger partial charge in [0.05, 0.1) is 7.11 Å². The molecule has 23 heavy (non-hydrogen) atoms. The van der Waals surface area contributed by atoms with E-state index in [2.05, 4.69) is 24.3 Å². The van der Waals surface area contributed by atoms with Crippen LogP contribution in [0.3, 0.4) is 0 Å². The van der Waals surface area contributed by atoms with Gasteiger partial charge in [-0.3, -0.25) is 4.90 Å². The number of allylic oxidation sites excluding steroid dienone is 1. The van der Waals surface area contributed by atoms with E-state index in [9.17, 15) is 4.79 Å². The van der Waals surface area contributed by atoms with Crippen molar-refractivity contribution >= 4 is 11.7 Å². The summed E-state index contributed by atoms with van der Waals surface area (Å²) in [6, 6.07) is 20.5. The fraction of sp³-hybridized carbons (Fsp3) is 0.250. The third-order valence-corrected chi connectivity index (χ3v) is 4.18. The molecule has 3 rings (SSSR count). The van der Waals surface area contributed by atoms with E-state index in [1.807, 2.05) is 36.4 Å². The zero-order valence-electron chi connectivity index (χ0n) is 13.4. The lowest BCUT2D eigenvalue weighted by Crippen LogP contribution is -2.34. The molecule has 1 heterocycles. The minimum absolute atomic E-state index is 0.274. The Morgan fingerprint density at radius 2 is 1.48 bits per heavy atom. The molecule has 0 N–H and O–H groups in total. The van der Waals surface area contributed by atoms with Crippen LogP contribution < -0.4 is 0 Å². The van der Waals surface area contributed by atoms with Crippen LogP contribution in [0.15, 0.2) is 66.4 Å². The maximum Gasteiger partial charge on any atom is 0.413 e. The molecule has 0 saturated carbocycles. The van der Waals surface area contributed by atoms with Gasteiger partial charge in [0.1, 0.15) is 0 Å². The monoisotopic (exact) mass is 307 g/mol. The number of benzene rings is 2. The molecule has 0 bridgehead atoms. The van der Waals surface area contributed by atoms with Gasteiger partial charge in [0.15, 0.2) is 0 Å². The van der Waals surface area contributed by atoms with Crippen LogP contribution in [0.25, 0.3) is 5.57 Å². The number of amides is 1. The minimum atomic E-state index is -0.274. The molecule has 2 aromatic rings. The maximum absolute atomic E-state index is 12.2. The van der Waals surface area contributed by atoms with Gasteiger partial charge in [0, 0.05) is 17.8 Å². The van der Waals surface area contributed by atoms with Crippen molar-refractivity contribution in [2.45, 2.75) is 19.3 Å². The first kappa shape index (κ1) is 15.3. The quantitative estimate of drug-likeness (QED) is 0.805. The van der Waals surface area contributed by atoms with Gasteiger partial charge in [-0.25, -0.2) is 4.79 Å². The first-order valence-corrected chi connectivity index (χ1v) is 8.00. The van der Waals surface area contributed by atoms with Crippen LogP contribution >= 0.6 is 0 Å². The Labute approximate surface area is 137 Å². The zero-order chi connectivity index (χ0) is 16.1. The third kappa shape index (κ3) is 3.29. The lowest BCUT2D eigenvalue weighted by Gasteiger charge is -2.31. The number of methoxy groups -OCH3 is 1. The van der Waals surface area contributed by atoms with Crippen LogP contribution in [-0.2, 0) is 4.74 Å². The number of hydrogen-bond acceptors (Lipinski definition) is 2. The summed E-state index contributed by atoms with van der Waals surface area (Å²) in [4.78, 5) is 14.0. The number of ether oxygens (including phenoxy) is 1. The van der Waals surface area contributed by atoms with E-state index in [1.54, 1.807) is 4.90 Å². The summed E-state index contributed by atoms with van der Waals surface area (Å²) in [5.41, 5.74) is 4.44. The molecule has 0 atom stereocenters. The molecule has 0 aromatic heterocycles. The highest BCUT2D eigenvalue weighted by Gasteiger charge is 2.26. The first-order valence-electron chi connectivity index (χ1n) is 8.00. The summed E-state index contributed by atoms with van der Waals surface area (Å²) in [5, 5.41) is 0. The Hall–Kier alpha value is -2.55. The number of likely N-dealkylation sites (tertiary alicyclic amines) is 1. The highest BCUT2D eigenvalue weighted by molar-refractivity contribution is 5.85. The summed E-state index contributed by atoms with van der Waals surface area (Å²) >= 11 is 0. The number of carbonyl (C=O) groups is 1. The molecule has 3 nitrogen and oxygen atoms in total. The van der Waals surface area contributed by atoms with Gasteiger partial charge in [-0.05, 0) is 30.4 Å². The van der Waals surface area contributed by atoms with Gasteiger partial charge in [0.2, 0.25) is 0 Å². The van der Waals surface area contributed by atoms with Crippen LogP contribution in [0.5, 0.6) is 0 Å². The van der Waals surface area contributed by atoms with Gasteiger partial charge in [0.25, 0.3) is 0 Å². The standard InChI is InChI=1S/C20H21NO2/c1-23-20(22)21-15-9-8-14-18(21)19(16-10-4-2-5-11-16)17-12-6-3-7-13-17/h2-7,10-13H,8-9,14-15H2,1H3. The van der Waals surface area contributed by atoms with E-state index in [0.29, 0.717) is 6.54 Å². The second-order valence-electron chi connectivity index (χ2n) is 5.63. The van der Waals surface area contributed by atoms with Gasteiger partial charge in [-0.2, -0.15) is 0 Å². The predicted molar refractivity (Wildman–Crippen MR) is 91.9 cm³/mol. The van der Waals surface area contributed by atoms with Crippen LogP contribution in [0.2, 0.25) is 0 Å². The molecule has 1 aliphatic rings. The van der Waals surface area contributed by atoms with Gasteiger partial charge in [-0.1, -0.05) is 60.7 Å². The van der Waals surface area contributed by atoms with Crippen LogP contribution in [0.4, 0.5) is 4.79 Å². The Kier molecular flexibility index (Phi) is 4.77. The summed E-state index contributed by atoms with van der Waals surface area (Å²) in [5.74, 6) is 0. The van der Waals surface area contributed by atoms with Crippen molar-refractivity contribution < 1.29 is 9.53 Å². The van der Waals surface area contributed by atoms with Gasteiger partial charge < -0.3 is 4.74 Å². The molecular weight excluding hydrogens is 286 g/mol.